The number of carbonyl (C=O) groups excluding carboxylic acids is 1. The lowest BCUT2D eigenvalue weighted by Gasteiger charge is -2.38. The molecule has 6 heteroatoms. The van der Waals surface area contributed by atoms with Gasteiger partial charge in [0.25, 0.3) is 0 Å². The predicted octanol–water partition coefficient (Wildman–Crippen LogP) is 4.89. The fourth-order valence-electron chi connectivity index (χ4n) is 5.45. The number of benzene rings is 1. The quantitative estimate of drug-likeness (QED) is 0.436. The van der Waals surface area contributed by atoms with Crippen LogP contribution in [0, 0.1) is 11.8 Å². The third-order valence-corrected chi connectivity index (χ3v) is 7.30. The van der Waals surface area contributed by atoms with Crippen molar-refractivity contribution in [3.8, 4) is 0 Å². The maximum atomic E-state index is 13.2. The van der Waals surface area contributed by atoms with Gasteiger partial charge >= 0.3 is 6.03 Å². The van der Waals surface area contributed by atoms with Crippen molar-refractivity contribution in [3.63, 3.8) is 0 Å². The summed E-state index contributed by atoms with van der Waals surface area (Å²) in [4.78, 5) is 15.1. The lowest BCUT2D eigenvalue weighted by molar-refractivity contribution is -0.0131. The average molecular weight is 460 g/mol. The summed E-state index contributed by atoms with van der Waals surface area (Å²) in [6.45, 7) is 3.52. The van der Waals surface area contributed by atoms with Crippen molar-refractivity contribution in [1.82, 2.24) is 10.2 Å². The van der Waals surface area contributed by atoms with Crippen LogP contribution in [0.3, 0.4) is 0 Å². The van der Waals surface area contributed by atoms with Crippen molar-refractivity contribution in [3.05, 3.63) is 35.9 Å². The summed E-state index contributed by atoms with van der Waals surface area (Å²) in [6.07, 6.45) is 11.6. The molecule has 1 aliphatic heterocycles. The first-order chi connectivity index (χ1) is 16.2. The molecule has 0 aromatic heterocycles. The molecule has 3 atom stereocenters. The molecule has 3 rings (SSSR count). The Labute approximate surface area is 200 Å². The topological polar surface area (TPSA) is 76.8 Å². The number of likely N-dealkylation sites (tertiary alicyclic amines) is 1. The summed E-state index contributed by atoms with van der Waals surface area (Å²) in [6, 6.07) is 10.6. The number of carbonyl (C=O) groups is 1. The molecule has 0 radical (unpaired) electrons. The SMILES string of the molecule is COCCCCOC(c1ccccc1)[C@@H]1CCCN(C(=O)N[C@H](CN)CC2CCCCC2)C1. The van der Waals surface area contributed by atoms with Crippen LogP contribution in [0.25, 0.3) is 0 Å². The molecule has 3 N–H and O–H groups in total. The van der Waals surface area contributed by atoms with Gasteiger partial charge in [0.2, 0.25) is 0 Å². The van der Waals surface area contributed by atoms with Gasteiger partial charge in [0.1, 0.15) is 0 Å². The van der Waals surface area contributed by atoms with Gasteiger partial charge < -0.3 is 25.4 Å². The van der Waals surface area contributed by atoms with E-state index in [0.717, 1.165) is 51.8 Å². The lowest BCUT2D eigenvalue weighted by atomic mass is 9.85. The van der Waals surface area contributed by atoms with E-state index in [4.69, 9.17) is 15.2 Å². The zero-order valence-electron chi connectivity index (χ0n) is 20.6. The molecule has 33 heavy (non-hydrogen) atoms. The molecule has 186 valence electrons. The highest BCUT2D eigenvalue weighted by Crippen LogP contribution is 2.33. The third kappa shape index (κ3) is 8.58. The molecule has 1 saturated carbocycles. The number of methoxy groups -OCH3 is 1. The van der Waals surface area contributed by atoms with Gasteiger partial charge in [-0.25, -0.2) is 4.79 Å². The van der Waals surface area contributed by atoms with Gasteiger partial charge in [0, 0.05) is 51.9 Å². The first-order valence-corrected chi connectivity index (χ1v) is 13.1. The second kappa shape index (κ2) is 14.6. The first kappa shape index (κ1) is 26.0. The van der Waals surface area contributed by atoms with Crippen molar-refractivity contribution < 1.29 is 14.3 Å². The highest BCUT2D eigenvalue weighted by molar-refractivity contribution is 5.74. The number of amides is 2. The number of hydrogen-bond donors (Lipinski definition) is 2. The van der Waals surface area contributed by atoms with Crippen LogP contribution >= 0.6 is 0 Å². The molecule has 1 aliphatic carbocycles. The van der Waals surface area contributed by atoms with E-state index in [1.165, 1.54) is 37.7 Å². The molecule has 1 aromatic carbocycles. The van der Waals surface area contributed by atoms with Gasteiger partial charge in [-0.1, -0.05) is 62.4 Å². The van der Waals surface area contributed by atoms with E-state index in [1.807, 2.05) is 11.0 Å². The summed E-state index contributed by atoms with van der Waals surface area (Å²) in [5.74, 6) is 1.000. The van der Waals surface area contributed by atoms with Crippen molar-refractivity contribution in [1.29, 1.82) is 0 Å². The van der Waals surface area contributed by atoms with E-state index in [1.54, 1.807) is 7.11 Å². The highest BCUT2D eigenvalue weighted by Gasteiger charge is 2.32. The number of urea groups is 1. The minimum atomic E-state index is 0.0110. The van der Waals surface area contributed by atoms with Crippen LogP contribution in [0.5, 0.6) is 0 Å². The van der Waals surface area contributed by atoms with Crippen molar-refractivity contribution in [2.45, 2.75) is 76.4 Å². The average Bonchev–Trinajstić information content (AvgIpc) is 2.87. The Morgan fingerprint density at radius 2 is 1.85 bits per heavy atom. The van der Waals surface area contributed by atoms with E-state index in [2.05, 4.69) is 29.6 Å². The summed E-state index contributed by atoms with van der Waals surface area (Å²) in [5.41, 5.74) is 7.25. The Morgan fingerprint density at radius 1 is 1.09 bits per heavy atom. The number of rotatable bonds is 12. The van der Waals surface area contributed by atoms with Crippen molar-refractivity contribution in [2.75, 3.05) is 40.0 Å². The summed E-state index contributed by atoms with van der Waals surface area (Å²) in [5, 5.41) is 3.26. The first-order valence-electron chi connectivity index (χ1n) is 13.1. The van der Waals surface area contributed by atoms with E-state index < -0.39 is 0 Å². The minimum Gasteiger partial charge on any atom is -0.385 e. The third-order valence-electron chi connectivity index (χ3n) is 7.30. The second-order valence-corrected chi connectivity index (χ2v) is 9.87. The molecule has 2 fully saturated rings. The Morgan fingerprint density at radius 3 is 2.58 bits per heavy atom. The van der Waals surface area contributed by atoms with E-state index >= 15 is 0 Å². The predicted molar refractivity (Wildman–Crippen MR) is 133 cm³/mol. The Balaban J connectivity index is 1.56. The van der Waals surface area contributed by atoms with Crippen molar-refractivity contribution in [2.24, 2.45) is 17.6 Å². The zero-order valence-corrected chi connectivity index (χ0v) is 20.6. The molecule has 2 aliphatic rings. The molecule has 6 nitrogen and oxygen atoms in total. The van der Waals surface area contributed by atoms with E-state index in [-0.39, 0.29) is 18.2 Å². The van der Waals surface area contributed by atoms with Gasteiger partial charge in [0.15, 0.2) is 0 Å². The highest BCUT2D eigenvalue weighted by atomic mass is 16.5. The standard InChI is InChI=1S/C27H45N3O3/c1-32-17-8-9-18-33-26(23-13-6-3-7-14-23)24-15-10-16-30(21-24)27(31)29-25(20-28)19-22-11-4-2-5-12-22/h3,6-7,13-14,22,24-26H,2,4-5,8-12,15-21,28H2,1H3,(H,29,31)/t24-,25+,26?/m1/s1. The van der Waals surface area contributed by atoms with Crippen LogP contribution in [0.1, 0.15) is 75.9 Å². The molecule has 1 saturated heterocycles. The van der Waals surface area contributed by atoms with E-state index in [9.17, 15) is 4.79 Å². The smallest absolute Gasteiger partial charge is 0.317 e. The monoisotopic (exact) mass is 459 g/mol. The number of nitrogens with one attached hydrogen (secondary N) is 1. The lowest BCUT2D eigenvalue weighted by Crippen LogP contribution is -2.51. The number of hydrogen-bond acceptors (Lipinski definition) is 4. The normalized spacial score (nSPS) is 21.5. The zero-order chi connectivity index (χ0) is 23.3. The van der Waals surface area contributed by atoms with Gasteiger partial charge in [-0.15, -0.1) is 0 Å². The Kier molecular flexibility index (Phi) is 11.5. The number of nitrogens with two attached hydrogens (primary N) is 1. The van der Waals surface area contributed by atoms with Gasteiger partial charge in [-0.3, -0.25) is 0 Å². The number of unbranched alkanes of at least 4 members (excludes halogenated alkanes) is 1. The molecular weight excluding hydrogens is 414 g/mol. The van der Waals surface area contributed by atoms with Crippen LogP contribution in [0.4, 0.5) is 4.79 Å². The Bertz CT molecular complexity index is 666. The van der Waals surface area contributed by atoms with Crippen LogP contribution in [-0.4, -0.2) is 56.9 Å². The molecule has 2 amide bonds. The number of piperidine rings is 1. The van der Waals surface area contributed by atoms with Crippen LogP contribution in [-0.2, 0) is 9.47 Å². The number of nitrogens with zero attached hydrogens (tertiary/aromatic N) is 1. The van der Waals surface area contributed by atoms with Gasteiger partial charge in [-0.05, 0) is 43.6 Å². The molecule has 0 bridgehead atoms. The van der Waals surface area contributed by atoms with Gasteiger partial charge in [0.05, 0.1) is 6.10 Å². The summed E-state index contributed by atoms with van der Waals surface area (Å²) >= 11 is 0. The maximum Gasteiger partial charge on any atom is 0.317 e. The van der Waals surface area contributed by atoms with Crippen molar-refractivity contribution >= 4 is 6.03 Å². The minimum absolute atomic E-state index is 0.0110. The number of ether oxygens (including phenoxy) is 2. The van der Waals surface area contributed by atoms with Gasteiger partial charge in [-0.2, -0.15) is 0 Å². The fraction of sp³-hybridized carbons (Fsp3) is 0.741. The second-order valence-electron chi connectivity index (χ2n) is 9.87. The molecule has 1 heterocycles. The Hall–Kier alpha value is -1.63. The molecular formula is C27H45N3O3. The summed E-state index contributed by atoms with van der Waals surface area (Å²) < 4.78 is 11.6. The van der Waals surface area contributed by atoms with Crippen LogP contribution in [0.2, 0.25) is 0 Å². The molecule has 0 spiro atoms. The largest absolute Gasteiger partial charge is 0.385 e. The fourth-order valence-corrected chi connectivity index (χ4v) is 5.45. The molecule has 1 unspecified atom stereocenters. The van der Waals surface area contributed by atoms with Crippen LogP contribution in [0.15, 0.2) is 30.3 Å². The van der Waals surface area contributed by atoms with Crippen LogP contribution < -0.4 is 11.1 Å². The maximum absolute atomic E-state index is 13.2. The van der Waals surface area contributed by atoms with E-state index in [0.29, 0.717) is 25.0 Å². The summed E-state index contributed by atoms with van der Waals surface area (Å²) in [7, 11) is 1.74. The molecule has 1 aromatic rings.